The second-order valence-electron chi connectivity index (χ2n) is 1.86. The molecule has 0 radical (unpaired) electrons. The topological polar surface area (TPSA) is 85.2 Å². The molecule has 64 valence electrons. The number of rotatable bonds is 1. The molecule has 1 heterocycles. The Bertz CT molecular complexity index is 197. The summed E-state index contributed by atoms with van der Waals surface area (Å²) in [6, 6.07) is 0. The van der Waals surface area contributed by atoms with Gasteiger partial charge in [0, 0.05) is 0 Å². The number of nitrogens with zero attached hydrogens (tertiary/aromatic N) is 2. The zero-order valence-electron chi connectivity index (χ0n) is 6.90. The summed E-state index contributed by atoms with van der Waals surface area (Å²) in [4.78, 5) is 3.78. The lowest BCUT2D eigenvalue weighted by Crippen LogP contribution is -1.89. The first-order chi connectivity index (χ1) is 5.20. The van der Waals surface area contributed by atoms with E-state index in [9.17, 15) is 0 Å². The molecular formula is C6H13N3O2. The molecule has 0 spiro atoms. The summed E-state index contributed by atoms with van der Waals surface area (Å²) >= 11 is 0. The summed E-state index contributed by atoms with van der Waals surface area (Å²) in [5.41, 5.74) is 4.50. The molecule has 1 aromatic heterocycles. The number of aliphatic hydroxyl groups excluding tert-OH is 1. The van der Waals surface area contributed by atoms with Gasteiger partial charge in [0.15, 0.2) is 5.82 Å². The predicted molar refractivity (Wildman–Crippen MR) is 39.8 cm³/mol. The molecule has 0 amide bonds. The average molecular weight is 159 g/mol. The normalized spacial score (nSPS) is 11.7. The molecule has 0 bridgehead atoms. The molecule has 11 heavy (non-hydrogen) atoms. The molecule has 1 aromatic rings. The van der Waals surface area contributed by atoms with Gasteiger partial charge in [-0.15, -0.1) is 0 Å². The fourth-order valence-electron chi connectivity index (χ4n) is 0.483. The van der Waals surface area contributed by atoms with Crippen LogP contribution in [-0.4, -0.2) is 22.3 Å². The molecule has 3 N–H and O–H groups in total. The monoisotopic (exact) mass is 159 g/mol. The van der Waals surface area contributed by atoms with Crippen molar-refractivity contribution in [3.05, 3.63) is 11.7 Å². The summed E-state index contributed by atoms with van der Waals surface area (Å²) in [6.45, 7) is 3.28. The molecule has 0 saturated heterocycles. The van der Waals surface area contributed by atoms with E-state index in [1.54, 1.807) is 13.8 Å². The van der Waals surface area contributed by atoms with Gasteiger partial charge in [-0.05, 0) is 20.9 Å². The minimum atomic E-state index is -0.661. The van der Waals surface area contributed by atoms with Crippen LogP contribution in [0, 0.1) is 6.92 Å². The summed E-state index contributed by atoms with van der Waals surface area (Å²) in [5, 5.41) is 12.3. The Kier molecular flexibility index (Phi) is 4.40. The molecule has 0 aliphatic rings. The Morgan fingerprint density at radius 3 is 2.27 bits per heavy atom. The van der Waals surface area contributed by atoms with Crippen LogP contribution in [0.3, 0.4) is 0 Å². The van der Waals surface area contributed by atoms with Crippen molar-refractivity contribution in [2.45, 2.75) is 20.0 Å². The van der Waals surface area contributed by atoms with Crippen LogP contribution < -0.4 is 5.73 Å². The fourth-order valence-corrected chi connectivity index (χ4v) is 0.483. The van der Waals surface area contributed by atoms with E-state index >= 15 is 0 Å². The summed E-state index contributed by atoms with van der Waals surface area (Å²) in [5.74, 6) is 0.818. The zero-order valence-corrected chi connectivity index (χ0v) is 6.90. The van der Waals surface area contributed by atoms with Gasteiger partial charge in [0.05, 0.1) is 0 Å². The third kappa shape index (κ3) is 3.10. The van der Waals surface area contributed by atoms with Gasteiger partial charge in [-0.3, -0.25) is 0 Å². The number of aryl methyl sites for hydroxylation is 1. The van der Waals surface area contributed by atoms with E-state index in [0.717, 1.165) is 0 Å². The second kappa shape index (κ2) is 4.81. The van der Waals surface area contributed by atoms with Crippen molar-refractivity contribution in [2.75, 3.05) is 7.05 Å². The van der Waals surface area contributed by atoms with E-state index in [0.29, 0.717) is 5.82 Å². The van der Waals surface area contributed by atoms with Crippen LogP contribution in [0.15, 0.2) is 4.52 Å². The highest BCUT2D eigenvalue weighted by Crippen LogP contribution is 2.06. The molecule has 1 unspecified atom stereocenters. The lowest BCUT2D eigenvalue weighted by Gasteiger charge is -1.90. The Balaban J connectivity index is 0.000000461. The van der Waals surface area contributed by atoms with Crippen molar-refractivity contribution in [1.82, 2.24) is 10.1 Å². The lowest BCUT2D eigenvalue weighted by molar-refractivity contribution is 0.151. The van der Waals surface area contributed by atoms with Gasteiger partial charge < -0.3 is 15.4 Å². The molecule has 0 saturated carbocycles. The molecular weight excluding hydrogens is 146 g/mol. The summed E-state index contributed by atoms with van der Waals surface area (Å²) in [6.07, 6.45) is -0.661. The van der Waals surface area contributed by atoms with Crippen molar-refractivity contribution in [3.8, 4) is 0 Å². The van der Waals surface area contributed by atoms with E-state index in [2.05, 4.69) is 20.4 Å². The summed E-state index contributed by atoms with van der Waals surface area (Å²) in [7, 11) is 1.50. The van der Waals surface area contributed by atoms with Crippen LogP contribution in [0.5, 0.6) is 0 Å². The van der Waals surface area contributed by atoms with Gasteiger partial charge in [-0.1, -0.05) is 5.16 Å². The first-order valence-corrected chi connectivity index (χ1v) is 3.26. The van der Waals surface area contributed by atoms with Crippen molar-refractivity contribution in [2.24, 2.45) is 5.73 Å². The maximum atomic E-state index is 8.84. The predicted octanol–water partition coefficient (Wildman–Crippen LogP) is 0.00622. The molecule has 5 heteroatoms. The highest BCUT2D eigenvalue weighted by atomic mass is 16.5. The fraction of sp³-hybridized carbons (Fsp3) is 0.667. The highest BCUT2D eigenvalue weighted by Gasteiger charge is 2.07. The Hall–Kier alpha value is -0.940. The average Bonchev–Trinajstić information content (AvgIpc) is 2.40. The molecule has 5 nitrogen and oxygen atoms in total. The van der Waals surface area contributed by atoms with Crippen LogP contribution in [0.25, 0.3) is 0 Å². The third-order valence-electron chi connectivity index (χ3n) is 0.901. The second-order valence-corrected chi connectivity index (χ2v) is 1.86. The van der Waals surface area contributed by atoms with Crippen LogP contribution in [-0.2, 0) is 0 Å². The van der Waals surface area contributed by atoms with Gasteiger partial charge in [0.25, 0.3) is 5.89 Å². The maximum absolute atomic E-state index is 8.84. The standard InChI is InChI=1S/C5H8N2O2.CH5N/c1-3(8)5-6-4(2)7-9-5;1-2/h3,8H,1-2H3;2H2,1H3. The van der Waals surface area contributed by atoms with Crippen molar-refractivity contribution in [1.29, 1.82) is 0 Å². The Morgan fingerprint density at radius 1 is 1.55 bits per heavy atom. The van der Waals surface area contributed by atoms with Gasteiger partial charge in [0.1, 0.15) is 6.10 Å². The SMILES string of the molecule is CN.Cc1noc(C(C)O)n1. The minimum Gasteiger partial charge on any atom is -0.384 e. The summed E-state index contributed by atoms with van der Waals surface area (Å²) < 4.78 is 4.61. The molecule has 0 aromatic carbocycles. The van der Waals surface area contributed by atoms with E-state index in [4.69, 9.17) is 5.11 Å². The van der Waals surface area contributed by atoms with E-state index in [1.807, 2.05) is 0 Å². The van der Waals surface area contributed by atoms with Gasteiger partial charge >= 0.3 is 0 Å². The number of hydrogen-bond acceptors (Lipinski definition) is 5. The van der Waals surface area contributed by atoms with Gasteiger partial charge in [0.2, 0.25) is 0 Å². The van der Waals surface area contributed by atoms with Crippen LogP contribution in [0.4, 0.5) is 0 Å². The molecule has 0 aliphatic heterocycles. The van der Waals surface area contributed by atoms with Crippen LogP contribution >= 0.6 is 0 Å². The molecule has 0 fully saturated rings. The smallest absolute Gasteiger partial charge is 0.255 e. The minimum absolute atomic E-state index is 0.271. The molecule has 1 atom stereocenters. The number of aromatic nitrogens is 2. The number of aliphatic hydroxyl groups is 1. The van der Waals surface area contributed by atoms with Gasteiger partial charge in [-0.25, -0.2) is 0 Å². The van der Waals surface area contributed by atoms with Crippen molar-refractivity contribution in [3.63, 3.8) is 0 Å². The Labute approximate surface area is 65.2 Å². The molecule has 1 rings (SSSR count). The highest BCUT2D eigenvalue weighted by molar-refractivity contribution is 4.84. The van der Waals surface area contributed by atoms with Crippen LogP contribution in [0.1, 0.15) is 24.7 Å². The quantitative estimate of drug-likeness (QED) is 0.602. The zero-order chi connectivity index (χ0) is 8.85. The van der Waals surface area contributed by atoms with E-state index in [-0.39, 0.29) is 5.89 Å². The largest absolute Gasteiger partial charge is 0.384 e. The van der Waals surface area contributed by atoms with Crippen molar-refractivity contribution >= 4 is 0 Å². The van der Waals surface area contributed by atoms with Gasteiger partial charge in [-0.2, -0.15) is 4.98 Å². The Morgan fingerprint density at radius 2 is 2.09 bits per heavy atom. The maximum Gasteiger partial charge on any atom is 0.255 e. The first-order valence-electron chi connectivity index (χ1n) is 3.26. The third-order valence-corrected chi connectivity index (χ3v) is 0.901. The number of hydrogen-bond donors (Lipinski definition) is 2. The molecule has 0 aliphatic carbocycles. The first kappa shape index (κ1) is 10.1. The van der Waals surface area contributed by atoms with E-state index < -0.39 is 6.10 Å². The van der Waals surface area contributed by atoms with E-state index in [1.165, 1.54) is 7.05 Å². The van der Waals surface area contributed by atoms with Crippen molar-refractivity contribution < 1.29 is 9.63 Å². The lowest BCUT2D eigenvalue weighted by atomic mass is 10.4. The number of nitrogens with two attached hydrogens (primary N) is 1. The van der Waals surface area contributed by atoms with Crippen LogP contribution in [0.2, 0.25) is 0 Å².